The Balaban J connectivity index is 2.73. The van der Waals surface area contributed by atoms with Gasteiger partial charge in [-0.2, -0.15) is 0 Å². The van der Waals surface area contributed by atoms with Gasteiger partial charge in [-0.05, 0) is 39.7 Å². The Morgan fingerprint density at radius 2 is 2.00 bits per heavy atom. The molecule has 0 fully saturated rings. The molecule has 1 N–H and O–H groups in total. The van der Waals surface area contributed by atoms with E-state index in [2.05, 4.69) is 53.3 Å². The standard InChI is InChI=1S/C14H26N4/c1-5-8-18(10-9-17(3)4)14-6-7-16-13(11-14)12-15-2/h6-7,11,15H,5,8-10,12H2,1-4H3. The fourth-order valence-corrected chi connectivity index (χ4v) is 1.90. The van der Waals surface area contributed by atoms with E-state index in [0.717, 1.165) is 38.3 Å². The van der Waals surface area contributed by atoms with Gasteiger partial charge in [0.1, 0.15) is 0 Å². The van der Waals surface area contributed by atoms with Gasteiger partial charge < -0.3 is 15.1 Å². The Morgan fingerprint density at radius 3 is 2.61 bits per heavy atom. The molecule has 1 aromatic rings. The third-order valence-electron chi connectivity index (χ3n) is 2.83. The van der Waals surface area contributed by atoms with Gasteiger partial charge in [0.15, 0.2) is 0 Å². The van der Waals surface area contributed by atoms with E-state index in [1.807, 2.05) is 13.2 Å². The molecular formula is C14H26N4. The van der Waals surface area contributed by atoms with Crippen LogP contribution in [-0.2, 0) is 6.54 Å². The van der Waals surface area contributed by atoms with E-state index in [4.69, 9.17) is 0 Å². The highest BCUT2D eigenvalue weighted by Crippen LogP contribution is 2.15. The van der Waals surface area contributed by atoms with Crippen LogP contribution in [0.5, 0.6) is 0 Å². The second kappa shape index (κ2) is 8.06. The van der Waals surface area contributed by atoms with E-state index in [1.54, 1.807) is 0 Å². The van der Waals surface area contributed by atoms with Crippen molar-refractivity contribution in [3.63, 3.8) is 0 Å². The molecule has 1 aromatic heterocycles. The summed E-state index contributed by atoms with van der Waals surface area (Å²) < 4.78 is 0. The summed E-state index contributed by atoms with van der Waals surface area (Å²) in [4.78, 5) is 9.02. The minimum absolute atomic E-state index is 0.821. The largest absolute Gasteiger partial charge is 0.370 e. The van der Waals surface area contributed by atoms with Crippen LogP contribution < -0.4 is 10.2 Å². The van der Waals surface area contributed by atoms with Gasteiger partial charge in [0.05, 0.1) is 5.69 Å². The zero-order valence-electron chi connectivity index (χ0n) is 12.1. The first-order chi connectivity index (χ1) is 8.67. The Bertz CT molecular complexity index is 338. The molecule has 4 heteroatoms. The lowest BCUT2D eigenvalue weighted by Crippen LogP contribution is -2.32. The van der Waals surface area contributed by atoms with Crippen molar-refractivity contribution >= 4 is 5.69 Å². The number of nitrogens with zero attached hydrogens (tertiary/aromatic N) is 3. The number of hydrogen-bond donors (Lipinski definition) is 1. The zero-order valence-corrected chi connectivity index (χ0v) is 12.1. The number of likely N-dealkylation sites (N-methyl/N-ethyl adjacent to an activating group) is 1. The Morgan fingerprint density at radius 1 is 1.22 bits per heavy atom. The lowest BCUT2D eigenvalue weighted by molar-refractivity contribution is 0.413. The molecular weight excluding hydrogens is 224 g/mol. The molecule has 0 aromatic carbocycles. The molecule has 0 unspecified atom stereocenters. The molecule has 1 rings (SSSR count). The molecule has 102 valence electrons. The maximum atomic E-state index is 4.37. The normalized spacial score (nSPS) is 10.9. The molecule has 0 radical (unpaired) electrons. The van der Waals surface area contributed by atoms with E-state index < -0.39 is 0 Å². The minimum atomic E-state index is 0.821. The predicted octanol–water partition coefficient (Wildman–Crippen LogP) is 1.58. The monoisotopic (exact) mass is 250 g/mol. The number of hydrogen-bond acceptors (Lipinski definition) is 4. The number of pyridine rings is 1. The fourth-order valence-electron chi connectivity index (χ4n) is 1.90. The third-order valence-corrected chi connectivity index (χ3v) is 2.83. The smallest absolute Gasteiger partial charge is 0.0562 e. The van der Waals surface area contributed by atoms with Gasteiger partial charge in [0.2, 0.25) is 0 Å². The second-order valence-electron chi connectivity index (χ2n) is 4.83. The first kappa shape index (κ1) is 14.9. The summed E-state index contributed by atoms with van der Waals surface area (Å²) in [6, 6.07) is 4.28. The summed E-state index contributed by atoms with van der Waals surface area (Å²) in [6.45, 7) is 6.27. The highest BCUT2D eigenvalue weighted by atomic mass is 15.2. The van der Waals surface area contributed by atoms with E-state index in [0.29, 0.717) is 0 Å². The zero-order chi connectivity index (χ0) is 13.4. The average Bonchev–Trinajstić information content (AvgIpc) is 2.35. The number of aromatic nitrogens is 1. The molecule has 0 aliphatic heterocycles. The molecule has 0 bridgehead atoms. The van der Waals surface area contributed by atoms with Crippen molar-refractivity contribution in [1.82, 2.24) is 15.2 Å². The van der Waals surface area contributed by atoms with Crippen molar-refractivity contribution < 1.29 is 0 Å². The SMILES string of the molecule is CCCN(CCN(C)C)c1ccnc(CNC)c1. The van der Waals surface area contributed by atoms with Crippen LogP contribution in [0.4, 0.5) is 5.69 Å². The number of nitrogens with one attached hydrogen (secondary N) is 1. The molecule has 0 spiro atoms. The van der Waals surface area contributed by atoms with Gasteiger partial charge in [-0.15, -0.1) is 0 Å². The van der Waals surface area contributed by atoms with Gasteiger partial charge in [-0.1, -0.05) is 6.92 Å². The van der Waals surface area contributed by atoms with Gasteiger partial charge in [0, 0.05) is 38.1 Å². The number of anilines is 1. The summed E-state index contributed by atoms with van der Waals surface area (Å²) in [5, 5.41) is 3.14. The maximum absolute atomic E-state index is 4.37. The summed E-state index contributed by atoms with van der Waals surface area (Å²) in [5.41, 5.74) is 2.37. The van der Waals surface area contributed by atoms with Crippen LogP contribution in [0.3, 0.4) is 0 Å². The summed E-state index contributed by atoms with van der Waals surface area (Å²) in [5.74, 6) is 0. The second-order valence-corrected chi connectivity index (χ2v) is 4.83. The number of rotatable bonds is 8. The highest BCUT2D eigenvalue weighted by molar-refractivity contribution is 5.46. The maximum Gasteiger partial charge on any atom is 0.0562 e. The summed E-state index contributed by atoms with van der Waals surface area (Å²) in [7, 11) is 6.18. The van der Waals surface area contributed by atoms with Crippen LogP contribution in [0.2, 0.25) is 0 Å². The predicted molar refractivity (Wildman–Crippen MR) is 78.1 cm³/mol. The van der Waals surface area contributed by atoms with Crippen LogP contribution in [0, 0.1) is 0 Å². The van der Waals surface area contributed by atoms with Gasteiger partial charge in [-0.3, -0.25) is 4.98 Å². The molecule has 18 heavy (non-hydrogen) atoms. The van der Waals surface area contributed by atoms with Crippen molar-refractivity contribution in [2.75, 3.05) is 45.7 Å². The van der Waals surface area contributed by atoms with E-state index >= 15 is 0 Å². The van der Waals surface area contributed by atoms with Gasteiger partial charge in [-0.25, -0.2) is 0 Å². The molecule has 0 atom stereocenters. The minimum Gasteiger partial charge on any atom is -0.370 e. The molecule has 0 saturated carbocycles. The molecule has 0 saturated heterocycles. The van der Waals surface area contributed by atoms with Crippen molar-refractivity contribution in [2.24, 2.45) is 0 Å². The molecule has 4 nitrogen and oxygen atoms in total. The van der Waals surface area contributed by atoms with Gasteiger partial charge in [0.25, 0.3) is 0 Å². The third kappa shape index (κ3) is 5.02. The quantitative estimate of drug-likeness (QED) is 0.759. The topological polar surface area (TPSA) is 31.4 Å². The molecule has 0 amide bonds. The Hall–Kier alpha value is -1.13. The van der Waals surface area contributed by atoms with Crippen molar-refractivity contribution in [3.05, 3.63) is 24.0 Å². The molecule has 0 aliphatic carbocycles. The van der Waals surface area contributed by atoms with E-state index in [1.165, 1.54) is 5.69 Å². The first-order valence-electron chi connectivity index (χ1n) is 6.66. The van der Waals surface area contributed by atoms with Crippen LogP contribution in [-0.4, -0.2) is 50.7 Å². The highest BCUT2D eigenvalue weighted by Gasteiger charge is 2.07. The van der Waals surface area contributed by atoms with Crippen LogP contribution in [0.1, 0.15) is 19.0 Å². The van der Waals surface area contributed by atoms with Crippen LogP contribution in [0.25, 0.3) is 0 Å². The van der Waals surface area contributed by atoms with E-state index in [-0.39, 0.29) is 0 Å². The summed E-state index contributed by atoms with van der Waals surface area (Å²) in [6.07, 6.45) is 3.07. The summed E-state index contributed by atoms with van der Waals surface area (Å²) >= 11 is 0. The molecule has 1 heterocycles. The average molecular weight is 250 g/mol. The van der Waals surface area contributed by atoms with Gasteiger partial charge >= 0.3 is 0 Å². The van der Waals surface area contributed by atoms with Crippen LogP contribution in [0.15, 0.2) is 18.3 Å². The van der Waals surface area contributed by atoms with E-state index in [9.17, 15) is 0 Å². The molecule has 0 aliphatic rings. The Kier molecular flexibility index (Phi) is 6.68. The van der Waals surface area contributed by atoms with Crippen molar-refractivity contribution in [1.29, 1.82) is 0 Å². The van der Waals surface area contributed by atoms with Crippen molar-refractivity contribution in [2.45, 2.75) is 19.9 Å². The van der Waals surface area contributed by atoms with Crippen molar-refractivity contribution in [3.8, 4) is 0 Å². The van der Waals surface area contributed by atoms with Crippen LogP contribution >= 0.6 is 0 Å². The Labute approximate surface area is 111 Å². The lowest BCUT2D eigenvalue weighted by atomic mass is 10.2. The fraction of sp³-hybridized carbons (Fsp3) is 0.643. The first-order valence-corrected chi connectivity index (χ1v) is 6.66. The lowest BCUT2D eigenvalue weighted by Gasteiger charge is -2.26.